The van der Waals surface area contributed by atoms with Crippen molar-refractivity contribution in [2.75, 3.05) is 7.05 Å². The number of Topliss-reactive ketones (excluding diaryl/α,β-unsaturated/α-hetero) is 2. The molecule has 78 valence electrons. The maximum atomic E-state index is 11.7. The third kappa shape index (κ3) is 1.71. The van der Waals surface area contributed by atoms with E-state index in [1.54, 1.807) is 6.92 Å². The van der Waals surface area contributed by atoms with Gasteiger partial charge < -0.3 is 0 Å². The van der Waals surface area contributed by atoms with Gasteiger partial charge in [-0.3, -0.25) is 9.59 Å². The Kier molecular flexibility index (Phi) is 3.10. The first kappa shape index (κ1) is 11.2. The van der Waals surface area contributed by atoms with Crippen LogP contribution in [0.4, 0.5) is 0 Å². The van der Waals surface area contributed by atoms with Crippen molar-refractivity contribution >= 4 is 11.6 Å². The molecular weight excluding hydrogens is 194 g/mol. The third-order valence-electron chi connectivity index (χ3n) is 2.48. The molecule has 0 fully saturated rings. The predicted molar refractivity (Wildman–Crippen MR) is 52.1 cm³/mol. The number of nitrogens with zero attached hydrogens (tertiary/aromatic N) is 3. The summed E-state index contributed by atoms with van der Waals surface area (Å²) in [4.78, 5) is 23.2. The Balaban J connectivity index is 3.32. The van der Waals surface area contributed by atoms with Crippen molar-refractivity contribution < 1.29 is 9.59 Å². The fourth-order valence-electron chi connectivity index (χ4n) is 1.53. The number of carbonyl (C=O) groups is 2. The molecule has 0 bridgehead atoms. The molecule has 1 aliphatic carbocycles. The summed E-state index contributed by atoms with van der Waals surface area (Å²) in [5.74, 6) is -1.50. The van der Waals surface area contributed by atoms with Crippen molar-refractivity contribution in [3.63, 3.8) is 0 Å². The lowest BCUT2D eigenvalue weighted by molar-refractivity contribution is -0.131. The largest absolute Gasteiger partial charge is 0.296 e. The van der Waals surface area contributed by atoms with E-state index in [0.29, 0.717) is 5.57 Å². The first-order valence-electron chi connectivity index (χ1n) is 4.52. The van der Waals surface area contributed by atoms with Crippen molar-refractivity contribution in [2.45, 2.75) is 19.9 Å². The van der Waals surface area contributed by atoms with Crippen molar-refractivity contribution in [2.24, 2.45) is 16.1 Å². The van der Waals surface area contributed by atoms with Gasteiger partial charge in [0.1, 0.15) is 6.07 Å². The number of nitriles is 1. The average molecular weight is 205 g/mol. The molecule has 0 heterocycles. The number of allylic oxidation sites excluding steroid dienone is 1. The molecule has 0 saturated heterocycles. The lowest BCUT2D eigenvalue weighted by atomic mass is 9.81. The first-order chi connectivity index (χ1) is 7.04. The smallest absolute Gasteiger partial charge is 0.183 e. The van der Waals surface area contributed by atoms with Gasteiger partial charge in [-0.25, -0.2) is 0 Å². The van der Waals surface area contributed by atoms with E-state index in [1.165, 1.54) is 14.0 Å². The molecule has 0 spiro atoms. The summed E-state index contributed by atoms with van der Waals surface area (Å²) in [6.45, 7) is 3.06. The Bertz CT molecular complexity index is 415. The van der Waals surface area contributed by atoms with Crippen molar-refractivity contribution in [3.8, 4) is 6.07 Å². The fourth-order valence-corrected chi connectivity index (χ4v) is 1.53. The van der Waals surface area contributed by atoms with Gasteiger partial charge in [-0.1, -0.05) is 0 Å². The molecule has 0 aromatic carbocycles. The van der Waals surface area contributed by atoms with Crippen LogP contribution in [-0.4, -0.2) is 24.7 Å². The topological polar surface area (TPSA) is 82.7 Å². The lowest BCUT2D eigenvalue weighted by Crippen LogP contribution is -2.37. The van der Waals surface area contributed by atoms with E-state index in [0.717, 1.165) is 0 Å². The van der Waals surface area contributed by atoms with Crippen LogP contribution < -0.4 is 0 Å². The van der Waals surface area contributed by atoms with Gasteiger partial charge >= 0.3 is 0 Å². The average Bonchev–Trinajstić information content (AvgIpc) is 2.22. The molecular formula is C10H11N3O2. The Morgan fingerprint density at radius 1 is 1.40 bits per heavy atom. The Morgan fingerprint density at radius 3 is 2.47 bits per heavy atom. The number of hydrogen-bond donors (Lipinski definition) is 0. The second-order valence-corrected chi connectivity index (χ2v) is 3.38. The molecule has 5 heteroatoms. The summed E-state index contributed by atoms with van der Waals surface area (Å²) < 4.78 is 0. The standard InChI is InChI=1S/C10H11N3O2/c1-5-7(4-11)9(14)6(2)10(15)8(5)13-12-3/h6,8H,1-3H3. The van der Waals surface area contributed by atoms with Crippen molar-refractivity contribution in [1.29, 1.82) is 5.26 Å². The number of hydrogen-bond acceptors (Lipinski definition) is 5. The minimum Gasteiger partial charge on any atom is -0.296 e. The quantitative estimate of drug-likeness (QED) is 0.474. The van der Waals surface area contributed by atoms with Crippen LogP contribution >= 0.6 is 0 Å². The van der Waals surface area contributed by atoms with Gasteiger partial charge in [-0.15, -0.1) is 0 Å². The predicted octanol–water partition coefficient (Wildman–Crippen LogP) is 1.06. The van der Waals surface area contributed by atoms with E-state index in [2.05, 4.69) is 10.2 Å². The highest BCUT2D eigenvalue weighted by Gasteiger charge is 2.38. The minimum absolute atomic E-state index is 0.0412. The molecule has 0 saturated carbocycles. The number of azo groups is 1. The maximum Gasteiger partial charge on any atom is 0.183 e. The van der Waals surface area contributed by atoms with E-state index in [9.17, 15) is 9.59 Å². The van der Waals surface area contributed by atoms with Crippen LogP contribution in [-0.2, 0) is 9.59 Å². The van der Waals surface area contributed by atoms with Gasteiger partial charge in [-0.05, 0) is 19.4 Å². The molecule has 0 aromatic heterocycles. The summed E-state index contributed by atoms with van der Waals surface area (Å²) >= 11 is 0. The van der Waals surface area contributed by atoms with Crippen molar-refractivity contribution in [1.82, 2.24) is 0 Å². The van der Waals surface area contributed by atoms with E-state index < -0.39 is 17.7 Å². The zero-order valence-electron chi connectivity index (χ0n) is 8.81. The van der Waals surface area contributed by atoms with Crippen LogP contribution in [0.3, 0.4) is 0 Å². The monoisotopic (exact) mass is 205 g/mol. The number of carbonyl (C=O) groups excluding carboxylic acids is 2. The summed E-state index contributed by atoms with van der Waals surface area (Å²) in [6, 6.07) is 1.05. The second kappa shape index (κ2) is 4.13. The van der Waals surface area contributed by atoms with Gasteiger partial charge in [0.25, 0.3) is 0 Å². The fraction of sp³-hybridized carbons (Fsp3) is 0.500. The zero-order chi connectivity index (χ0) is 11.6. The molecule has 2 atom stereocenters. The molecule has 0 aromatic rings. The van der Waals surface area contributed by atoms with Gasteiger partial charge in [0.2, 0.25) is 0 Å². The molecule has 5 nitrogen and oxygen atoms in total. The lowest BCUT2D eigenvalue weighted by Gasteiger charge is -2.21. The van der Waals surface area contributed by atoms with E-state index in [1.807, 2.05) is 6.07 Å². The van der Waals surface area contributed by atoms with Crippen LogP contribution in [0.5, 0.6) is 0 Å². The van der Waals surface area contributed by atoms with Crippen LogP contribution in [0.1, 0.15) is 13.8 Å². The van der Waals surface area contributed by atoms with E-state index in [-0.39, 0.29) is 11.4 Å². The summed E-state index contributed by atoms with van der Waals surface area (Å²) in [6.07, 6.45) is 0. The molecule has 0 radical (unpaired) electrons. The van der Waals surface area contributed by atoms with E-state index >= 15 is 0 Å². The highest BCUT2D eigenvalue weighted by Crippen LogP contribution is 2.25. The second-order valence-electron chi connectivity index (χ2n) is 3.38. The summed E-state index contributed by atoms with van der Waals surface area (Å²) in [5, 5.41) is 16.1. The highest BCUT2D eigenvalue weighted by molar-refractivity contribution is 6.17. The van der Waals surface area contributed by atoms with Gasteiger partial charge in [0.05, 0.1) is 11.5 Å². The van der Waals surface area contributed by atoms with Gasteiger partial charge in [-0.2, -0.15) is 15.5 Å². The van der Waals surface area contributed by atoms with E-state index in [4.69, 9.17) is 5.26 Å². The highest BCUT2D eigenvalue weighted by atomic mass is 16.2. The number of rotatable bonds is 1. The van der Waals surface area contributed by atoms with Crippen molar-refractivity contribution in [3.05, 3.63) is 11.1 Å². The van der Waals surface area contributed by atoms with Gasteiger partial charge in [0, 0.05) is 7.05 Å². The van der Waals surface area contributed by atoms with Crippen LogP contribution in [0.2, 0.25) is 0 Å². The zero-order valence-corrected chi connectivity index (χ0v) is 8.81. The number of ketones is 2. The molecule has 0 N–H and O–H groups in total. The molecule has 2 unspecified atom stereocenters. The normalized spacial score (nSPS) is 27.3. The molecule has 1 aliphatic rings. The third-order valence-corrected chi connectivity index (χ3v) is 2.48. The van der Waals surface area contributed by atoms with Crippen LogP contribution in [0.15, 0.2) is 21.4 Å². The van der Waals surface area contributed by atoms with Gasteiger partial charge in [0.15, 0.2) is 17.6 Å². The molecule has 15 heavy (non-hydrogen) atoms. The SMILES string of the molecule is CN=NC1C(=O)C(C)C(=O)C(C#N)=C1C. The van der Waals surface area contributed by atoms with Crippen LogP contribution in [0.25, 0.3) is 0 Å². The minimum atomic E-state index is -0.793. The Hall–Kier alpha value is -1.83. The first-order valence-corrected chi connectivity index (χ1v) is 4.52. The Morgan fingerprint density at radius 2 is 2.00 bits per heavy atom. The molecule has 1 rings (SSSR count). The molecule has 0 aliphatic heterocycles. The summed E-state index contributed by atoms with van der Waals surface area (Å²) in [7, 11) is 1.45. The molecule has 0 amide bonds. The summed E-state index contributed by atoms with van der Waals surface area (Å²) in [5.41, 5.74) is 0.440. The maximum absolute atomic E-state index is 11.7. The van der Waals surface area contributed by atoms with Crippen LogP contribution in [0, 0.1) is 17.2 Å². The Labute approximate surface area is 87.5 Å².